The van der Waals surface area contributed by atoms with Crippen LogP contribution in [0, 0.1) is 19.7 Å². The predicted octanol–water partition coefficient (Wildman–Crippen LogP) is 5.94. The predicted molar refractivity (Wildman–Crippen MR) is 125 cm³/mol. The zero-order valence-electron chi connectivity index (χ0n) is 18.4. The second-order valence-electron chi connectivity index (χ2n) is 8.65. The third kappa shape index (κ3) is 3.68. The number of likely N-dealkylation sites (tertiary alicyclic amines) is 1. The Kier molecular flexibility index (Phi) is 5.25. The molecule has 1 fully saturated rings. The normalized spacial score (nSPS) is 14.8. The van der Waals surface area contributed by atoms with Gasteiger partial charge in [-0.1, -0.05) is 48.0 Å². The van der Waals surface area contributed by atoms with Crippen LogP contribution in [0.25, 0.3) is 22.4 Å². The Hall–Kier alpha value is -3.47. The number of carbonyl (C=O) groups is 1. The van der Waals surface area contributed by atoms with E-state index in [4.69, 9.17) is 4.98 Å². The summed E-state index contributed by atoms with van der Waals surface area (Å²) in [5, 5.41) is 0. The molecule has 32 heavy (non-hydrogen) atoms. The van der Waals surface area contributed by atoms with Crippen LogP contribution in [0.1, 0.15) is 40.4 Å². The van der Waals surface area contributed by atoms with E-state index >= 15 is 0 Å². The summed E-state index contributed by atoms with van der Waals surface area (Å²) in [6.07, 6.45) is 1.61. The number of carbonyl (C=O) groups excluding carboxylic acids is 1. The number of fused-ring (bicyclic) bond motifs is 1. The van der Waals surface area contributed by atoms with Gasteiger partial charge in [-0.3, -0.25) is 4.79 Å². The molecule has 0 atom stereocenters. The first-order chi connectivity index (χ1) is 15.5. The number of halogens is 1. The molecule has 0 aliphatic carbocycles. The molecule has 0 saturated carbocycles. The van der Waals surface area contributed by atoms with Crippen molar-refractivity contribution < 1.29 is 9.18 Å². The summed E-state index contributed by atoms with van der Waals surface area (Å²) in [5.41, 5.74) is 5.49. The van der Waals surface area contributed by atoms with E-state index in [1.54, 1.807) is 12.1 Å². The third-order valence-electron chi connectivity index (χ3n) is 6.42. The summed E-state index contributed by atoms with van der Waals surface area (Å²) in [4.78, 5) is 20.0. The SMILES string of the molecule is Cc1ccc(C)c(C(=O)N2CCC(n3c(-c4ccccc4)nc4ccc(F)cc43)CC2)c1. The van der Waals surface area contributed by atoms with Gasteiger partial charge in [0.1, 0.15) is 11.6 Å². The highest BCUT2D eigenvalue weighted by Crippen LogP contribution is 2.34. The van der Waals surface area contributed by atoms with Gasteiger partial charge in [0.15, 0.2) is 0 Å². The fraction of sp³-hybridized carbons (Fsp3) is 0.259. The van der Waals surface area contributed by atoms with Gasteiger partial charge in [-0.2, -0.15) is 0 Å². The van der Waals surface area contributed by atoms with Gasteiger partial charge in [0.05, 0.1) is 11.0 Å². The highest BCUT2D eigenvalue weighted by atomic mass is 19.1. The molecule has 0 bridgehead atoms. The quantitative estimate of drug-likeness (QED) is 0.406. The molecular weight excluding hydrogens is 401 g/mol. The average Bonchev–Trinajstić information content (AvgIpc) is 3.19. The lowest BCUT2D eigenvalue weighted by Crippen LogP contribution is -2.39. The smallest absolute Gasteiger partial charge is 0.254 e. The van der Waals surface area contributed by atoms with E-state index in [1.807, 2.05) is 67.3 Å². The number of hydrogen-bond donors (Lipinski definition) is 0. The molecule has 2 heterocycles. The van der Waals surface area contributed by atoms with E-state index in [1.165, 1.54) is 6.07 Å². The maximum Gasteiger partial charge on any atom is 0.254 e. The van der Waals surface area contributed by atoms with Gasteiger partial charge < -0.3 is 9.47 Å². The number of benzene rings is 3. The Balaban J connectivity index is 1.45. The molecule has 1 amide bonds. The van der Waals surface area contributed by atoms with Crippen molar-refractivity contribution in [3.8, 4) is 11.4 Å². The molecule has 5 rings (SSSR count). The minimum Gasteiger partial charge on any atom is -0.338 e. The second kappa shape index (κ2) is 8.23. The van der Waals surface area contributed by atoms with E-state index < -0.39 is 0 Å². The highest BCUT2D eigenvalue weighted by Gasteiger charge is 2.28. The summed E-state index contributed by atoms with van der Waals surface area (Å²) in [6.45, 7) is 5.33. The van der Waals surface area contributed by atoms with Crippen LogP contribution >= 0.6 is 0 Å². The van der Waals surface area contributed by atoms with Crippen molar-refractivity contribution in [1.29, 1.82) is 0 Å². The maximum atomic E-state index is 14.1. The molecule has 1 aliphatic heterocycles. The Morgan fingerprint density at radius 2 is 1.72 bits per heavy atom. The number of aryl methyl sites for hydroxylation is 2. The third-order valence-corrected chi connectivity index (χ3v) is 6.42. The fourth-order valence-corrected chi connectivity index (χ4v) is 4.69. The zero-order valence-corrected chi connectivity index (χ0v) is 18.4. The Bertz CT molecular complexity index is 1290. The molecule has 0 N–H and O–H groups in total. The van der Waals surface area contributed by atoms with Gasteiger partial charge in [-0.05, 0) is 56.5 Å². The van der Waals surface area contributed by atoms with Crippen molar-refractivity contribution in [2.75, 3.05) is 13.1 Å². The molecular formula is C27H26FN3O. The Labute approximate surface area is 187 Å². The molecule has 3 aromatic carbocycles. The largest absolute Gasteiger partial charge is 0.338 e. The van der Waals surface area contributed by atoms with E-state index in [9.17, 15) is 9.18 Å². The van der Waals surface area contributed by atoms with Gasteiger partial charge in [-0.25, -0.2) is 9.37 Å². The molecule has 1 aliphatic rings. The van der Waals surface area contributed by atoms with E-state index in [2.05, 4.69) is 4.57 Å². The van der Waals surface area contributed by atoms with Crippen molar-refractivity contribution in [2.45, 2.75) is 32.7 Å². The second-order valence-corrected chi connectivity index (χ2v) is 8.65. The molecule has 1 saturated heterocycles. The molecule has 1 aromatic heterocycles. The van der Waals surface area contributed by atoms with Gasteiger partial charge in [0, 0.05) is 30.3 Å². The number of aromatic nitrogens is 2. The Morgan fingerprint density at radius 1 is 0.969 bits per heavy atom. The zero-order chi connectivity index (χ0) is 22.2. The molecule has 4 nitrogen and oxygen atoms in total. The minimum absolute atomic E-state index is 0.0921. The lowest BCUT2D eigenvalue weighted by atomic mass is 10.0. The van der Waals surface area contributed by atoms with Gasteiger partial charge in [0.2, 0.25) is 0 Å². The minimum atomic E-state index is -0.263. The molecule has 162 valence electrons. The van der Waals surface area contributed by atoms with Crippen LogP contribution in [0.5, 0.6) is 0 Å². The van der Waals surface area contributed by atoms with Crippen LogP contribution in [-0.4, -0.2) is 33.4 Å². The molecule has 0 unspecified atom stereocenters. The standard InChI is InChI=1S/C27H26FN3O/c1-18-8-9-19(2)23(16-18)27(32)30-14-12-22(13-15-30)31-25-17-21(28)10-11-24(25)29-26(31)20-6-4-3-5-7-20/h3-11,16-17,22H,12-15H2,1-2H3. The fourth-order valence-electron chi connectivity index (χ4n) is 4.69. The van der Waals surface area contributed by atoms with Crippen molar-refractivity contribution in [1.82, 2.24) is 14.5 Å². The van der Waals surface area contributed by atoms with Crippen LogP contribution in [0.4, 0.5) is 4.39 Å². The number of amides is 1. The highest BCUT2D eigenvalue weighted by molar-refractivity contribution is 5.96. The summed E-state index contributed by atoms with van der Waals surface area (Å²) in [6, 6.07) is 21.0. The van der Waals surface area contributed by atoms with Crippen LogP contribution in [0.3, 0.4) is 0 Å². The van der Waals surface area contributed by atoms with Crippen molar-refractivity contribution >= 4 is 16.9 Å². The summed E-state index contributed by atoms with van der Waals surface area (Å²) in [7, 11) is 0. The average molecular weight is 428 g/mol. The van der Waals surface area contributed by atoms with Crippen molar-refractivity contribution in [3.63, 3.8) is 0 Å². The van der Waals surface area contributed by atoms with Gasteiger partial charge >= 0.3 is 0 Å². The number of hydrogen-bond acceptors (Lipinski definition) is 2. The number of imidazole rings is 1. The first kappa shape index (κ1) is 20.4. The van der Waals surface area contributed by atoms with Crippen molar-refractivity contribution in [2.24, 2.45) is 0 Å². The van der Waals surface area contributed by atoms with Crippen LogP contribution in [-0.2, 0) is 0 Å². The van der Waals surface area contributed by atoms with Crippen LogP contribution in [0.15, 0.2) is 66.7 Å². The number of rotatable bonds is 3. The van der Waals surface area contributed by atoms with Gasteiger partial charge in [-0.15, -0.1) is 0 Å². The maximum absolute atomic E-state index is 14.1. The lowest BCUT2D eigenvalue weighted by Gasteiger charge is -2.34. The first-order valence-corrected chi connectivity index (χ1v) is 11.1. The topological polar surface area (TPSA) is 38.1 Å². The Morgan fingerprint density at radius 3 is 2.47 bits per heavy atom. The summed E-state index contributed by atoms with van der Waals surface area (Å²) in [5.74, 6) is 0.681. The summed E-state index contributed by atoms with van der Waals surface area (Å²) >= 11 is 0. The molecule has 5 heteroatoms. The molecule has 0 radical (unpaired) electrons. The van der Waals surface area contributed by atoms with Gasteiger partial charge in [0.25, 0.3) is 5.91 Å². The lowest BCUT2D eigenvalue weighted by molar-refractivity contribution is 0.0695. The van der Waals surface area contributed by atoms with Crippen molar-refractivity contribution in [3.05, 3.63) is 89.2 Å². The monoisotopic (exact) mass is 427 g/mol. The van der Waals surface area contributed by atoms with E-state index in [0.29, 0.717) is 13.1 Å². The first-order valence-electron chi connectivity index (χ1n) is 11.1. The van der Waals surface area contributed by atoms with Crippen LogP contribution < -0.4 is 0 Å². The number of piperidine rings is 1. The molecule has 4 aromatic rings. The number of nitrogens with zero attached hydrogens (tertiary/aromatic N) is 3. The summed E-state index contributed by atoms with van der Waals surface area (Å²) < 4.78 is 16.3. The van der Waals surface area contributed by atoms with E-state index in [0.717, 1.165) is 52.0 Å². The van der Waals surface area contributed by atoms with Crippen LogP contribution in [0.2, 0.25) is 0 Å². The van der Waals surface area contributed by atoms with E-state index in [-0.39, 0.29) is 17.8 Å². The molecule has 0 spiro atoms.